The maximum Gasteiger partial charge on any atom is 0.272 e. The number of halogens is 1. The lowest BCUT2D eigenvalue weighted by Crippen LogP contribution is -2.18. The lowest BCUT2D eigenvalue weighted by atomic mass is 10.2. The standard InChI is InChI=1S/C20H19ClN4O2/c1-12-19(13(2)24(3)23-12)22-20(26)17-10-18-16(8-9-27-18)25(17)11-14-4-6-15(21)7-5-14/h4-10H,11H2,1-3H3,(H,22,26). The van der Waals surface area contributed by atoms with Crippen LogP contribution in [0.5, 0.6) is 0 Å². The Bertz CT molecular complexity index is 1140. The van der Waals surface area contributed by atoms with Crippen LogP contribution in [0.4, 0.5) is 5.69 Å². The number of nitrogens with zero attached hydrogens (tertiary/aromatic N) is 3. The summed E-state index contributed by atoms with van der Waals surface area (Å²) in [5, 5.41) is 8.03. The average molecular weight is 383 g/mol. The summed E-state index contributed by atoms with van der Waals surface area (Å²) in [5.41, 5.74) is 5.54. The number of hydrogen-bond donors (Lipinski definition) is 1. The molecular formula is C20H19ClN4O2. The van der Waals surface area contributed by atoms with Crippen molar-refractivity contribution < 1.29 is 9.21 Å². The zero-order chi connectivity index (χ0) is 19.1. The van der Waals surface area contributed by atoms with Crippen molar-refractivity contribution in [1.82, 2.24) is 14.3 Å². The Morgan fingerprint density at radius 3 is 2.63 bits per heavy atom. The molecule has 0 aliphatic heterocycles. The van der Waals surface area contributed by atoms with E-state index in [1.165, 1.54) is 0 Å². The van der Waals surface area contributed by atoms with Gasteiger partial charge in [-0.05, 0) is 31.5 Å². The molecule has 0 spiro atoms. The number of rotatable bonds is 4. The van der Waals surface area contributed by atoms with Crippen LogP contribution < -0.4 is 5.32 Å². The molecule has 0 unspecified atom stereocenters. The molecule has 0 atom stereocenters. The fourth-order valence-corrected chi connectivity index (χ4v) is 3.37. The Labute approximate surface area is 161 Å². The van der Waals surface area contributed by atoms with E-state index in [0.717, 1.165) is 28.2 Å². The first-order valence-corrected chi connectivity index (χ1v) is 8.94. The molecule has 0 aliphatic carbocycles. The molecule has 4 aromatic rings. The van der Waals surface area contributed by atoms with Crippen LogP contribution in [0.3, 0.4) is 0 Å². The highest BCUT2D eigenvalue weighted by Crippen LogP contribution is 2.25. The Morgan fingerprint density at radius 1 is 1.22 bits per heavy atom. The zero-order valence-electron chi connectivity index (χ0n) is 15.3. The molecule has 0 saturated heterocycles. The van der Waals surface area contributed by atoms with Crippen LogP contribution in [0.25, 0.3) is 11.1 Å². The summed E-state index contributed by atoms with van der Waals surface area (Å²) in [4.78, 5) is 13.0. The number of anilines is 1. The SMILES string of the molecule is Cc1nn(C)c(C)c1NC(=O)c1cc2occc2n1Cc1ccc(Cl)cc1. The van der Waals surface area contributed by atoms with Crippen LogP contribution in [0.15, 0.2) is 47.1 Å². The number of nitrogens with one attached hydrogen (secondary N) is 1. The van der Waals surface area contributed by atoms with Gasteiger partial charge in [-0.1, -0.05) is 23.7 Å². The summed E-state index contributed by atoms with van der Waals surface area (Å²) in [6.45, 7) is 4.34. The van der Waals surface area contributed by atoms with E-state index in [-0.39, 0.29) is 5.91 Å². The Morgan fingerprint density at radius 2 is 1.96 bits per heavy atom. The molecular weight excluding hydrogens is 364 g/mol. The number of aromatic nitrogens is 3. The highest BCUT2D eigenvalue weighted by atomic mass is 35.5. The fraction of sp³-hybridized carbons (Fsp3) is 0.200. The maximum atomic E-state index is 13.0. The number of carbonyl (C=O) groups excluding carboxylic acids is 1. The minimum Gasteiger partial charge on any atom is -0.463 e. The Hall–Kier alpha value is -2.99. The first-order chi connectivity index (χ1) is 12.9. The van der Waals surface area contributed by atoms with Gasteiger partial charge in [0, 0.05) is 30.7 Å². The fourth-order valence-electron chi connectivity index (χ4n) is 3.24. The van der Waals surface area contributed by atoms with E-state index in [0.29, 0.717) is 22.8 Å². The number of fused-ring (bicyclic) bond motifs is 1. The van der Waals surface area contributed by atoms with Gasteiger partial charge < -0.3 is 14.3 Å². The summed E-state index contributed by atoms with van der Waals surface area (Å²) in [5.74, 6) is -0.199. The molecule has 0 bridgehead atoms. The molecule has 138 valence electrons. The number of hydrogen-bond acceptors (Lipinski definition) is 3. The molecule has 0 radical (unpaired) electrons. The number of aryl methyl sites for hydroxylation is 2. The van der Waals surface area contributed by atoms with E-state index in [9.17, 15) is 4.79 Å². The molecule has 0 saturated carbocycles. The molecule has 6 nitrogen and oxygen atoms in total. The topological polar surface area (TPSA) is 65.0 Å². The molecule has 0 aliphatic rings. The van der Waals surface area contributed by atoms with Gasteiger partial charge >= 0.3 is 0 Å². The van der Waals surface area contributed by atoms with E-state index in [2.05, 4.69) is 10.4 Å². The molecule has 0 fully saturated rings. The van der Waals surface area contributed by atoms with Crippen LogP contribution in [-0.2, 0) is 13.6 Å². The van der Waals surface area contributed by atoms with Crippen molar-refractivity contribution in [1.29, 1.82) is 0 Å². The highest BCUT2D eigenvalue weighted by molar-refractivity contribution is 6.30. The number of furan rings is 1. The van der Waals surface area contributed by atoms with Crippen LogP contribution in [-0.4, -0.2) is 20.3 Å². The van der Waals surface area contributed by atoms with Gasteiger partial charge in [0.05, 0.1) is 28.9 Å². The molecule has 1 aromatic carbocycles. The van der Waals surface area contributed by atoms with Gasteiger partial charge in [0.15, 0.2) is 5.58 Å². The third-order valence-electron chi connectivity index (χ3n) is 4.76. The second kappa shape index (κ2) is 6.63. The van der Waals surface area contributed by atoms with Gasteiger partial charge in [-0.15, -0.1) is 0 Å². The molecule has 1 amide bonds. The number of benzene rings is 1. The molecule has 3 heterocycles. The quantitative estimate of drug-likeness (QED) is 0.563. The van der Waals surface area contributed by atoms with Gasteiger partial charge in [0.1, 0.15) is 5.69 Å². The van der Waals surface area contributed by atoms with Crippen molar-refractivity contribution in [2.75, 3.05) is 5.32 Å². The lowest BCUT2D eigenvalue weighted by molar-refractivity contribution is 0.101. The monoisotopic (exact) mass is 382 g/mol. The lowest BCUT2D eigenvalue weighted by Gasteiger charge is -2.11. The van der Waals surface area contributed by atoms with Crippen LogP contribution >= 0.6 is 11.6 Å². The molecule has 27 heavy (non-hydrogen) atoms. The van der Waals surface area contributed by atoms with Crippen molar-refractivity contribution in [3.05, 3.63) is 70.3 Å². The van der Waals surface area contributed by atoms with Gasteiger partial charge in [0.2, 0.25) is 0 Å². The minimum atomic E-state index is -0.199. The number of amides is 1. The van der Waals surface area contributed by atoms with Crippen molar-refractivity contribution in [2.45, 2.75) is 20.4 Å². The van der Waals surface area contributed by atoms with Gasteiger partial charge in [-0.25, -0.2) is 0 Å². The maximum absolute atomic E-state index is 13.0. The van der Waals surface area contributed by atoms with Crippen LogP contribution in [0, 0.1) is 13.8 Å². The molecule has 1 N–H and O–H groups in total. The van der Waals surface area contributed by atoms with E-state index < -0.39 is 0 Å². The molecule has 3 aromatic heterocycles. The van der Waals surface area contributed by atoms with Gasteiger partial charge in [-0.2, -0.15) is 5.10 Å². The van der Waals surface area contributed by atoms with E-state index in [1.54, 1.807) is 17.0 Å². The van der Waals surface area contributed by atoms with E-state index >= 15 is 0 Å². The summed E-state index contributed by atoms with van der Waals surface area (Å²) in [7, 11) is 1.86. The minimum absolute atomic E-state index is 0.199. The second-order valence-electron chi connectivity index (χ2n) is 6.54. The first kappa shape index (κ1) is 17.4. The third-order valence-corrected chi connectivity index (χ3v) is 5.01. The van der Waals surface area contributed by atoms with Crippen LogP contribution in [0.1, 0.15) is 27.4 Å². The Kier molecular flexibility index (Phi) is 4.28. The second-order valence-corrected chi connectivity index (χ2v) is 6.97. The summed E-state index contributed by atoms with van der Waals surface area (Å²) < 4.78 is 9.21. The van der Waals surface area contributed by atoms with Crippen molar-refractivity contribution in [3.63, 3.8) is 0 Å². The molecule has 7 heteroatoms. The summed E-state index contributed by atoms with van der Waals surface area (Å²) in [6, 6.07) is 11.2. The summed E-state index contributed by atoms with van der Waals surface area (Å²) >= 11 is 5.98. The predicted molar refractivity (Wildman–Crippen MR) is 105 cm³/mol. The smallest absolute Gasteiger partial charge is 0.272 e. The van der Waals surface area contributed by atoms with E-state index in [1.807, 2.05) is 55.8 Å². The molecule has 4 rings (SSSR count). The largest absolute Gasteiger partial charge is 0.463 e. The van der Waals surface area contributed by atoms with Crippen molar-refractivity contribution >= 4 is 34.3 Å². The summed E-state index contributed by atoms with van der Waals surface area (Å²) in [6.07, 6.45) is 1.63. The average Bonchev–Trinajstić information content (AvgIpc) is 3.28. The van der Waals surface area contributed by atoms with Crippen molar-refractivity contribution in [2.24, 2.45) is 7.05 Å². The van der Waals surface area contributed by atoms with E-state index in [4.69, 9.17) is 16.0 Å². The number of carbonyl (C=O) groups is 1. The van der Waals surface area contributed by atoms with Gasteiger partial charge in [0.25, 0.3) is 5.91 Å². The van der Waals surface area contributed by atoms with Gasteiger partial charge in [-0.3, -0.25) is 9.48 Å². The normalized spacial score (nSPS) is 11.3. The Balaban J connectivity index is 1.71. The van der Waals surface area contributed by atoms with Crippen LogP contribution in [0.2, 0.25) is 5.02 Å². The predicted octanol–water partition coefficient (Wildman–Crippen LogP) is 4.54. The highest BCUT2D eigenvalue weighted by Gasteiger charge is 2.20. The zero-order valence-corrected chi connectivity index (χ0v) is 16.0. The van der Waals surface area contributed by atoms with Crippen molar-refractivity contribution in [3.8, 4) is 0 Å². The first-order valence-electron chi connectivity index (χ1n) is 8.57. The third kappa shape index (κ3) is 3.13.